The van der Waals surface area contributed by atoms with Gasteiger partial charge in [-0.3, -0.25) is 4.79 Å². The number of nitrogens with two attached hydrogens (primary N) is 1. The van der Waals surface area contributed by atoms with E-state index in [0.717, 1.165) is 11.8 Å². The summed E-state index contributed by atoms with van der Waals surface area (Å²) in [5.74, 6) is -1.25. The van der Waals surface area contributed by atoms with E-state index < -0.39 is 11.8 Å². The number of hydrogen-bond donors (Lipinski definition) is 2. The van der Waals surface area contributed by atoms with Gasteiger partial charge in [-0.2, -0.15) is 0 Å². The summed E-state index contributed by atoms with van der Waals surface area (Å²) in [6.07, 6.45) is 0. The number of aliphatic carboxylic acids is 1. The zero-order valence-corrected chi connectivity index (χ0v) is 10.5. The summed E-state index contributed by atoms with van der Waals surface area (Å²) in [6, 6.07) is 7.51. The van der Waals surface area contributed by atoms with Gasteiger partial charge < -0.3 is 10.8 Å². The van der Waals surface area contributed by atoms with Crippen LogP contribution in [0.15, 0.2) is 35.4 Å². The Morgan fingerprint density at radius 1 is 1.37 bits per heavy atom. The van der Waals surface area contributed by atoms with Gasteiger partial charge >= 0.3 is 5.97 Å². The van der Waals surface area contributed by atoms with Gasteiger partial charge in [0.25, 0.3) is 0 Å². The Labute approximate surface area is 112 Å². The number of nitrogen functional groups attached to an aromatic ring is 1. The summed E-state index contributed by atoms with van der Waals surface area (Å²) in [5, 5.41) is 9.02. The Morgan fingerprint density at radius 2 is 2.11 bits per heavy atom. The van der Waals surface area contributed by atoms with Crippen molar-refractivity contribution < 1.29 is 14.3 Å². The Kier molecular flexibility index (Phi) is 3.96. The fourth-order valence-corrected chi connectivity index (χ4v) is 2.04. The molecule has 2 rings (SSSR count). The summed E-state index contributed by atoms with van der Waals surface area (Å²) in [7, 11) is 0. The quantitative estimate of drug-likeness (QED) is 0.657. The van der Waals surface area contributed by atoms with Crippen molar-refractivity contribution in [3.8, 4) is 11.4 Å². The van der Waals surface area contributed by atoms with Crippen molar-refractivity contribution in [1.82, 2.24) is 9.97 Å². The van der Waals surface area contributed by atoms with E-state index in [4.69, 9.17) is 10.8 Å². The van der Waals surface area contributed by atoms with Gasteiger partial charge in [0.2, 0.25) is 0 Å². The second kappa shape index (κ2) is 5.66. The molecule has 1 heterocycles. The molecule has 0 spiro atoms. The summed E-state index contributed by atoms with van der Waals surface area (Å²) in [5.41, 5.74) is 5.85. The van der Waals surface area contributed by atoms with Crippen molar-refractivity contribution in [2.75, 3.05) is 11.5 Å². The van der Waals surface area contributed by atoms with E-state index in [2.05, 4.69) is 9.97 Å². The predicted octanol–water partition coefficient (Wildman–Crippen LogP) is 2.04. The molecule has 1 aromatic heterocycles. The monoisotopic (exact) mass is 279 g/mol. The minimum absolute atomic E-state index is 0.144. The highest BCUT2D eigenvalue weighted by Crippen LogP contribution is 2.24. The maximum absolute atomic E-state index is 13.6. The topological polar surface area (TPSA) is 89.1 Å². The minimum Gasteiger partial charge on any atom is -0.481 e. The van der Waals surface area contributed by atoms with E-state index in [-0.39, 0.29) is 23.0 Å². The largest absolute Gasteiger partial charge is 0.481 e. The second-order valence-electron chi connectivity index (χ2n) is 3.62. The highest BCUT2D eigenvalue weighted by molar-refractivity contribution is 7.99. The fraction of sp³-hybridized carbons (Fsp3) is 0.0833. The molecule has 0 saturated carbocycles. The number of rotatable bonds is 4. The number of halogens is 1. The van der Waals surface area contributed by atoms with E-state index >= 15 is 0 Å². The normalized spacial score (nSPS) is 10.4. The number of anilines is 1. The van der Waals surface area contributed by atoms with Crippen molar-refractivity contribution in [2.45, 2.75) is 5.03 Å². The van der Waals surface area contributed by atoms with Gasteiger partial charge in [-0.1, -0.05) is 23.9 Å². The smallest absolute Gasteiger partial charge is 0.313 e. The molecule has 0 aliphatic carbocycles. The Bertz CT molecular complexity index is 622. The first kappa shape index (κ1) is 13.3. The molecule has 19 heavy (non-hydrogen) atoms. The van der Waals surface area contributed by atoms with Crippen LogP contribution in [0.2, 0.25) is 0 Å². The molecule has 0 aliphatic rings. The SMILES string of the molecule is Nc1cc(SCC(=O)O)nc(-c2ccccc2F)n1. The van der Waals surface area contributed by atoms with Crippen LogP contribution >= 0.6 is 11.8 Å². The molecule has 0 aliphatic heterocycles. The van der Waals surface area contributed by atoms with Gasteiger partial charge in [-0.15, -0.1) is 0 Å². The molecule has 0 fully saturated rings. The zero-order valence-electron chi connectivity index (χ0n) is 9.71. The van der Waals surface area contributed by atoms with Crippen LogP contribution in [-0.4, -0.2) is 26.8 Å². The molecular weight excluding hydrogens is 269 g/mol. The van der Waals surface area contributed by atoms with Gasteiger partial charge in [0, 0.05) is 6.07 Å². The highest BCUT2D eigenvalue weighted by Gasteiger charge is 2.10. The van der Waals surface area contributed by atoms with Crippen LogP contribution in [-0.2, 0) is 4.79 Å². The number of hydrogen-bond acceptors (Lipinski definition) is 5. The molecule has 0 saturated heterocycles. The number of carbonyl (C=O) groups is 1. The summed E-state index contributed by atoms with van der Waals surface area (Å²) in [4.78, 5) is 18.6. The van der Waals surface area contributed by atoms with Crippen molar-refractivity contribution in [3.63, 3.8) is 0 Å². The first-order valence-electron chi connectivity index (χ1n) is 5.30. The molecule has 0 atom stereocenters. The first-order valence-corrected chi connectivity index (χ1v) is 6.29. The van der Waals surface area contributed by atoms with Crippen LogP contribution in [0.25, 0.3) is 11.4 Å². The Balaban J connectivity index is 2.36. The lowest BCUT2D eigenvalue weighted by atomic mass is 10.2. The van der Waals surface area contributed by atoms with E-state index in [1.54, 1.807) is 12.1 Å². The molecule has 7 heteroatoms. The summed E-state index contributed by atoms with van der Waals surface area (Å²) >= 11 is 1.00. The maximum Gasteiger partial charge on any atom is 0.313 e. The molecule has 2 aromatic rings. The average Bonchev–Trinajstić information content (AvgIpc) is 2.36. The van der Waals surface area contributed by atoms with E-state index in [1.165, 1.54) is 18.2 Å². The molecule has 0 unspecified atom stereocenters. The summed E-state index contributed by atoms with van der Waals surface area (Å²) < 4.78 is 13.6. The van der Waals surface area contributed by atoms with Gasteiger partial charge in [0.05, 0.1) is 11.3 Å². The number of carboxylic acids is 1. The van der Waals surface area contributed by atoms with Crippen LogP contribution in [0.1, 0.15) is 0 Å². The first-order chi connectivity index (χ1) is 9.06. The second-order valence-corrected chi connectivity index (χ2v) is 4.61. The Hall–Kier alpha value is -2.15. The molecule has 0 amide bonds. The minimum atomic E-state index is -0.963. The number of aromatic nitrogens is 2. The number of thioether (sulfide) groups is 1. The summed E-state index contributed by atoms with van der Waals surface area (Å²) in [6.45, 7) is 0. The van der Waals surface area contributed by atoms with E-state index in [1.807, 2.05) is 0 Å². The molecule has 1 aromatic carbocycles. The third-order valence-corrected chi connectivity index (χ3v) is 3.08. The van der Waals surface area contributed by atoms with E-state index in [0.29, 0.717) is 5.03 Å². The molecule has 98 valence electrons. The standard InChI is InChI=1S/C12H10FN3O2S/c13-8-4-2-1-3-7(8)12-15-9(14)5-10(16-12)19-6-11(17)18/h1-5H,6H2,(H,17,18)(H2,14,15,16). The van der Waals surface area contributed by atoms with Gasteiger partial charge in [-0.25, -0.2) is 14.4 Å². The van der Waals surface area contributed by atoms with Gasteiger partial charge in [0.1, 0.15) is 16.7 Å². The lowest BCUT2D eigenvalue weighted by Crippen LogP contribution is -2.01. The fourth-order valence-electron chi connectivity index (χ4n) is 1.42. The van der Waals surface area contributed by atoms with Crippen molar-refractivity contribution in [3.05, 3.63) is 36.1 Å². The highest BCUT2D eigenvalue weighted by atomic mass is 32.2. The van der Waals surface area contributed by atoms with Gasteiger partial charge in [-0.05, 0) is 12.1 Å². The molecular formula is C12H10FN3O2S. The van der Waals surface area contributed by atoms with Crippen LogP contribution in [0.3, 0.4) is 0 Å². The predicted molar refractivity (Wildman–Crippen MR) is 70.2 cm³/mol. The zero-order chi connectivity index (χ0) is 13.8. The average molecular weight is 279 g/mol. The van der Waals surface area contributed by atoms with Crippen molar-refractivity contribution in [1.29, 1.82) is 0 Å². The number of carboxylic acid groups (broad SMARTS) is 1. The van der Waals surface area contributed by atoms with Crippen molar-refractivity contribution in [2.24, 2.45) is 0 Å². The van der Waals surface area contributed by atoms with Crippen LogP contribution in [0.4, 0.5) is 10.2 Å². The maximum atomic E-state index is 13.6. The van der Waals surface area contributed by atoms with Crippen LogP contribution < -0.4 is 5.73 Å². The van der Waals surface area contributed by atoms with E-state index in [9.17, 15) is 9.18 Å². The van der Waals surface area contributed by atoms with Gasteiger partial charge in [0.15, 0.2) is 5.82 Å². The third-order valence-electron chi connectivity index (χ3n) is 2.18. The number of nitrogens with zero attached hydrogens (tertiary/aromatic N) is 2. The van der Waals surface area contributed by atoms with Crippen molar-refractivity contribution >= 4 is 23.5 Å². The molecule has 3 N–H and O–H groups in total. The molecule has 0 radical (unpaired) electrons. The number of benzene rings is 1. The Morgan fingerprint density at radius 3 is 2.79 bits per heavy atom. The third kappa shape index (κ3) is 3.41. The lowest BCUT2D eigenvalue weighted by molar-refractivity contribution is -0.133. The molecule has 0 bridgehead atoms. The lowest BCUT2D eigenvalue weighted by Gasteiger charge is -2.05. The van der Waals surface area contributed by atoms with Crippen LogP contribution in [0.5, 0.6) is 0 Å². The van der Waals surface area contributed by atoms with Crippen LogP contribution in [0, 0.1) is 5.82 Å². The molecule has 5 nitrogen and oxygen atoms in total.